The quantitative estimate of drug-likeness (QED) is 0.729. The summed E-state index contributed by atoms with van der Waals surface area (Å²) < 4.78 is 7.46. The number of rotatable bonds is 6. The highest BCUT2D eigenvalue weighted by Crippen LogP contribution is 2.32. The van der Waals surface area contributed by atoms with Crippen LogP contribution in [0.15, 0.2) is 11.3 Å². The molecule has 2 aliphatic heterocycles. The zero-order valence-corrected chi connectivity index (χ0v) is 16.0. The molecule has 1 aliphatic carbocycles. The summed E-state index contributed by atoms with van der Waals surface area (Å²) in [6.45, 7) is 6.28. The summed E-state index contributed by atoms with van der Waals surface area (Å²) >= 11 is 0. The lowest BCUT2D eigenvalue weighted by Crippen LogP contribution is -2.40. The van der Waals surface area contributed by atoms with Crippen LogP contribution in [0.1, 0.15) is 25.7 Å². The highest BCUT2D eigenvalue weighted by Gasteiger charge is 2.29. The number of fused-ring (bicyclic) bond motifs is 1. The fourth-order valence-electron chi connectivity index (χ4n) is 3.99. The Balaban J connectivity index is 1.41. The van der Waals surface area contributed by atoms with Crippen LogP contribution in [-0.2, 0) is 11.3 Å². The minimum atomic E-state index is 0.415. The van der Waals surface area contributed by atoms with Gasteiger partial charge in [-0.05, 0) is 58.4 Å². The number of hydrogen-bond donors (Lipinski definition) is 2. The molecule has 26 heavy (non-hydrogen) atoms. The second kappa shape index (κ2) is 7.94. The van der Waals surface area contributed by atoms with Crippen LogP contribution >= 0.6 is 0 Å². The molecule has 0 spiro atoms. The molecule has 1 aromatic rings. The van der Waals surface area contributed by atoms with E-state index in [4.69, 9.17) is 14.8 Å². The van der Waals surface area contributed by atoms with Gasteiger partial charge in [-0.1, -0.05) is 0 Å². The van der Waals surface area contributed by atoms with Crippen molar-refractivity contribution in [1.29, 1.82) is 0 Å². The number of hydrogen-bond acceptors (Lipinski definition) is 7. The summed E-state index contributed by atoms with van der Waals surface area (Å²) in [6.07, 6.45) is 4.76. The van der Waals surface area contributed by atoms with Gasteiger partial charge in [0, 0.05) is 24.8 Å². The van der Waals surface area contributed by atoms with Gasteiger partial charge >= 0.3 is 0 Å². The fourth-order valence-corrected chi connectivity index (χ4v) is 3.99. The van der Waals surface area contributed by atoms with E-state index in [1.54, 1.807) is 0 Å². The zero-order valence-electron chi connectivity index (χ0n) is 16.0. The minimum Gasteiger partial charge on any atom is -0.378 e. The molecule has 2 N–H and O–H groups in total. The maximum absolute atomic E-state index is 5.44. The van der Waals surface area contributed by atoms with Gasteiger partial charge in [-0.25, -0.2) is 4.68 Å². The van der Waals surface area contributed by atoms with Gasteiger partial charge < -0.3 is 25.2 Å². The third-order valence-corrected chi connectivity index (χ3v) is 5.42. The van der Waals surface area contributed by atoms with Crippen molar-refractivity contribution >= 4 is 11.9 Å². The molecule has 3 heterocycles. The maximum atomic E-state index is 5.44. The van der Waals surface area contributed by atoms with Gasteiger partial charge in [-0.15, -0.1) is 5.10 Å². The number of nitrogens with zero attached hydrogens (tertiary/aromatic N) is 5. The Bertz CT molecular complexity index is 648. The number of morpholine rings is 1. The van der Waals surface area contributed by atoms with E-state index >= 15 is 0 Å². The van der Waals surface area contributed by atoms with E-state index in [1.165, 1.54) is 30.5 Å². The Kier molecular flexibility index (Phi) is 5.42. The summed E-state index contributed by atoms with van der Waals surface area (Å²) in [5, 5.41) is 12.1. The molecule has 1 atom stereocenters. The van der Waals surface area contributed by atoms with E-state index in [-0.39, 0.29) is 0 Å². The summed E-state index contributed by atoms with van der Waals surface area (Å²) in [7, 11) is 4.26. The minimum absolute atomic E-state index is 0.415. The Morgan fingerprint density at radius 1 is 1.31 bits per heavy atom. The number of ether oxygens (including phenoxy) is 1. The van der Waals surface area contributed by atoms with Gasteiger partial charge in [-0.3, -0.25) is 0 Å². The first-order valence-electron chi connectivity index (χ1n) is 9.85. The Morgan fingerprint density at radius 2 is 2.15 bits per heavy atom. The molecule has 0 aromatic carbocycles. The standard InChI is InChI=1S/C18H31N7O/c1-23(2)8-4-7-19-15-6-3-5-14-13-25-17(20-16(14)15)21-18(22-25)24-9-11-26-12-10-24/h15,19H,3-13H2,1-2H3,(H,20,21,22). The Hall–Kier alpha value is -1.64. The molecule has 1 aromatic heterocycles. The van der Waals surface area contributed by atoms with E-state index in [0.29, 0.717) is 6.04 Å². The monoisotopic (exact) mass is 361 g/mol. The number of anilines is 2. The topological polar surface area (TPSA) is 70.5 Å². The van der Waals surface area contributed by atoms with Crippen LogP contribution < -0.4 is 15.5 Å². The van der Waals surface area contributed by atoms with Crippen molar-refractivity contribution in [2.75, 3.05) is 63.7 Å². The fraction of sp³-hybridized carbons (Fsp3) is 0.778. The van der Waals surface area contributed by atoms with Crippen LogP contribution in [0.2, 0.25) is 0 Å². The zero-order chi connectivity index (χ0) is 17.9. The van der Waals surface area contributed by atoms with E-state index in [1.807, 2.05) is 4.68 Å². The first-order valence-corrected chi connectivity index (χ1v) is 9.85. The predicted molar refractivity (Wildman–Crippen MR) is 103 cm³/mol. The average molecular weight is 361 g/mol. The van der Waals surface area contributed by atoms with Gasteiger partial charge in [0.25, 0.3) is 0 Å². The predicted octanol–water partition coefficient (Wildman–Crippen LogP) is 0.888. The van der Waals surface area contributed by atoms with Crippen molar-refractivity contribution in [3.63, 3.8) is 0 Å². The third kappa shape index (κ3) is 3.87. The first kappa shape index (κ1) is 17.8. The van der Waals surface area contributed by atoms with Crippen molar-refractivity contribution in [2.45, 2.75) is 38.3 Å². The van der Waals surface area contributed by atoms with Crippen molar-refractivity contribution in [2.24, 2.45) is 0 Å². The molecule has 1 fully saturated rings. The van der Waals surface area contributed by atoms with Crippen LogP contribution in [0.4, 0.5) is 11.9 Å². The number of aromatic nitrogens is 3. The molecule has 8 nitrogen and oxygen atoms in total. The van der Waals surface area contributed by atoms with Crippen LogP contribution in [0.5, 0.6) is 0 Å². The summed E-state index contributed by atoms with van der Waals surface area (Å²) in [5.41, 5.74) is 2.82. The second-order valence-corrected chi connectivity index (χ2v) is 7.69. The van der Waals surface area contributed by atoms with Crippen molar-refractivity contribution in [3.8, 4) is 0 Å². The van der Waals surface area contributed by atoms with Crippen molar-refractivity contribution in [3.05, 3.63) is 11.3 Å². The molecular formula is C18H31N7O. The van der Waals surface area contributed by atoms with E-state index < -0.39 is 0 Å². The second-order valence-electron chi connectivity index (χ2n) is 7.69. The van der Waals surface area contributed by atoms with Crippen LogP contribution in [0, 0.1) is 0 Å². The SMILES string of the molecule is CN(C)CCCNC1CCCC2=C1Nc1nc(N3CCOCC3)nn1C2. The van der Waals surface area contributed by atoms with Crippen LogP contribution in [-0.4, -0.2) is 79.2 Å². The van der Waals surface area contributed by atoms with Gasteiger partial charge in [0.2, 0.25) is 11.9 Å². The smallest absolute Gasteiger partial charge is 0.246 e. The van der Waals surface area contributed by atoms with Crippen molar-refractivity contribution in [1.82, 2.24) is 25.0 Å². The van der Waals surface area contributed by atoms with Gasteiger partial charge in [0.1, 0.15) is 0 Å². The lowest BCUT2D eigenvalue weighted by Gasteiger charge is -2.33. The van der Waals surface area contributed by atoms with Gasteiger partial charge in [0.05, 0.1) is 19.8 Å². The Morgan fingerprint density at radius 3 is 2.96 bits per heavy atom. The molecule has 0 saturated carbocycles. The molecule has 3 aliphatic rings. The molecule has 1 unspecified atom stereocenters. The van der Waals surface area contributed by atoms with Crippen LogP contribution in [0.3, 0.4) is 0 Å². The van der Waals surface area contributed by atoms with Gasteiger partial charge in [0.15, 0.2) is 0 Å². The van der Waals surface area contributed by atoms with E-state index in [9.17, 15) is 0 Å². The largest absolute Gasteiger partial charge is 0.378 e. The average Bonchev–Trinajstić information content (AvgIpc) is 3.07. The molecule has 4 rings (SSSR count). The van der Waals surface area contributed by atoms with Gasteiger partial charge in [-0.2, -0.15) is 4.98 Å². The highest BCUT2D eigenvalue weighted by molar-refractivity contribution is 5.48. The first-order chi connectivity index (χ1) is 12.7. The molecule has 0 bridgehead atoms. The number of allylic oxidation sites excluding steroid dienone is 1. The summed E-state index contributed by atoms with van der Waals surface area (Å²) in [5.74, 6) is 1.71. The molecule has 144 valence electrons. The number of nitrogens with one attached hydrogen (secondary N) is 2. The highest BCUT2D eigenvalue weighted by atomic mass is 16.5. The molecular weight excluding hydrogens is 330 g/mol. The third-order valence-electron chi connectivity index (χ3n) is 5.42. The summed E-state index contributed by atoms with van der Waals surface area (Å²) in [4.78, 5) is 9.21. The lowest BCUT2D eigenvalue weighted by molar-refractivity contribution is 0.122. The Labute approximate surface area is 155 Å². The maximum Gasteiger partial charge on any atom is 0.246 e. The lowest BCUT2D eigenvalue weighted by atomic mass is 9.91. The molecule has 0 amide bonds. The molecule has 8 heteroatoms. The van der Waals surface area contributed by atoms with Crippen molar-refractivity contribution < 1.29 is 4.74 Å². The summed E-state index contributed by atoms with van der Waals surface area (Å²) in [6, 6.07) is 0.415. The molecule has 1 saturated heterocycles. The molecule has 0 radical (unpaired) electrons. The van der Waals surface area contributed by atoms with Crippen LogP contribution in [0.25, 0.3) is 0 Å². The van der Waals surface area contributed by atoms with E-state index in [0.717, 1.165) is 64.3 Å². The van der Waals surface area contributed by atoms with E-state index in [2.05, 4.69) is 34.5 Å². The normalized spacial score (nSPS) is 23.0.